The van der Waals surface area contributed by atoms with Gasteiger partial charge in [-0.05, 0) is 12.8 Å². The first-order valence-electron chi connectivity index (χ1n) is 7.56. The molecular formula is C16H26O4. The molecule has 0 heterocycles. The zero-order valence-electron chi connectivity index (χ0n) is 12.7. The molecule has 0 radical (unpaired) electrons. The second-order valence-electron chi connectivity index (χ2n) is 5.07. The topological polar surface area (TPSA) is 68.3 Å². The number of carbonyl (C=O) groups is 4. The van der Waals surface area contributed by atoms with Gasteiger partial charge in [0.2, 0.25) is 0 Å². The van der Waals surface area contributed by atoms with Crippen LogP contribution in [0.15, 0.2) is 0 Å². The average Bonchev–Trinajstić information content (AvgIpc) is 2.44. The summed E-state index contributed by atoms with van der Waals surface area (Å²) < 4.78 is 0. The van der Waals surface area contributed by atoms with E-state index in [0.717, 1.165) is 0 Å². The maximum Gasteiger partial charge on any atom is 0.133 e. The quantitative estimate of drug-likeness (QED) is 0.520. The summed E-state index contributed by atoms with van der Waals surface area (Å²) in [6.07, 6.45) is 4.41. The Morgan fingerprint density at radius 2 is 0.800 bits per heavy atom. The fraction of sp³-hybridized carbons (Fsp3) is 0.750. The molecule has 0 spiro atoms. The summed E-state index contributed by atoms with van der Waals surface area (Å²) in [5, 5.41) is 0. The van der Waals surface area contributed by atoms with E-state index in [1.807, 2.05) is 13.8 Å². The number of hydrogen-bond donors (Lipinski definition) is 0. The number of rotatable bonds is 13. The largest absolute Gasteiger partial charge is 0.300 e. The maximum atomic E-state index is 11.5. The van der Waals surface area contributed by atoms with Crippen LogP contribution in [0, 0.1) is 0 Å². The first-order valence-corrected chi connectivity index (χ1v) is 7.56. The molecule has 0 atom stereocenters. The van der Waals surface area contributed by atoms with Crippen LogP contribution in [-0.2, 0) is 19.2 Å². The molecule has 0 aromatic carbocycles. The molecule has 0 N–H and O–H groups in total. The molecule has 0 aromatic rings. The van der Waals surface area contributed by atoms with E-state index in [1.165, 1.54) is 0 Å². The third kappa shape index (κ3) is 10.6. The van der Waals surface area contributed by atoms with E-state index in [9.17, 15) is 19.2 Å². The first-order chi connectivity index (χ1) is 9.49. The minimum absolute atomic E-state index is 0.0480. The highest BCUT2D eigenvalue weighted by Crippen LogP contribution is 2.07. The molecule has 0 aliphatic heterocycles. The second kappa shape index (κ2) is 11.5. The molecule has 0 bridgehead atoms. The molecule has 0 saturated carbocycles. The van der Waals surface area contributed by atoms with Crippen molar-refractivity contribution in [1.29, 1.82) is 0 Å². The molecule has 20 heavy (non-hydrogen) atoms. The van der Waals surface area contributed by atoms with E-state index in [-0.39, 0.29) is 36.0 Å². The summed E-state index contributed by atoms with van der Waals surface area (Å²) >= 11 is 0. The van der Waals surface area contributed by atoms with Gasteiger partial charge in [-0.15, -0.1) is 0 Å². The lowest BCUT2D eigenvalue weighted by molar-refractivity contribution is -0.125. The normalized spacial score (nSPS) is 10.3. The molecule has 0 aromatic heterocycles. The molecule has 4 heteroatoms. The Morgan fingerprint density at radius 3 is 1.10 bits per heavy atom. The minimum Gasteiger partial charge on any atom is -0.300 e. The van der Waals surface area contributed by atoms with Gasteiger partial charge in [-0.25, -0.2) is 0 Å². The third-order valence-electron chi connectivity index (χ3n) is 3.29. The molecule has 4 nitrogen and oxygen atoms in total. The number of hydrogen-bond acceptors (Lipinski definition) is 4. The summed E-state index contributed by atoms with van der Waals surface area (Å²) in [5.74, 6) is 0.447. The minimum atomic E-state index is 0.0480. The Kier molecular flexibility index (Phi) is 10.7. The molecule has 0 aliphatic carbocycles. The number of carbonyl (C=O) groups excluding carboxylic acids is 4. The lowest BCUT2D eigenvalue weighted by atomic mass is 10.0. The van der Waals surface area contributed by atoms with Crippen molar-refractivity contribution in [2.75, 3.05) is 0 Å². The smallest absolute Gasteiger partial charge is 0.133 e. The van der Waals surface area contributed by atoms with Crippen molar-refractivity contribution in [2.24, 2.45) is 0 Å². The van der Waals surface area contributed by atoms with Gasteiger partial charge in [0.1, 0.15) is 23.1 Å². The SMILES string of the molecule is CCC(=O)CCCC(=O)CCC(=O)CCCC(=O)CC. The van der Waals surface area contributed by atoms with Crippen LogP contribution in [0.3, 0.4) is 0 Å². The van der Waals surface area contributed by atoms with E-state index in [4.69, 9.17) is 0 Å². The van der Waals surface area contributed by atoms with Crippen LogP contribution in [0.1, 0.15) is 78.1 Å². The highest BCUT2D eigenvalue weighted by molar-refractivity contribution is 5.86. The highest BCUT2D eigenvalue weighted by Gasteiger charge is 2.09. The fourth-order valence-corrected chi connectivity index (χ4v) is 1.85. The summed E-state index contributed by atoms with van der Waals surface area (Å²) in [5.41, 5.74) is 0. The van der Waals surface area contributed by atoms with E-state index < -0.39 is 0 Å². The van der Waals surface area contributed by atoms with E-state index in [2.05, 4.69) is 0 Å². The summed E-state index contributed by atoms with van der Waals surface area (Å²) in [4.78, 5) is 45.2. The molecule has 0 saturated heterocycles. The lowest BCUT2D eigenvalue weighted by Crippen LogP contribution is -2.06. The van der Waals surface area contributed by atoms with Crippen molar-refractivity contribution in [2.45, 2.75) is 78.1 Å². The summed E-state index contributed by atoms with van der Waals surface area (Å²) in [6.45, 7) is 3.62. The van der Waals surface area contributed by atoms with Gasteiger partial charge >= 0.3 is 0 Å². The van der Waals surface area contributed by atoms with Crippen molar-refractivity contribution < 1.29 is 19.2 Å². The zero-order valence-corrected chi connectivity index (χ0v) is 12.7. The molecule has 0 unspecified atom stereocenters. The van der Waals surface area contributed by atoms with Crippen LogP contribution in [-0.4, -0.2) is 23.1 Å². The lowest BCUT2D eigenvalue weighted by Gasteiger charge is -2.01. The molecule has 0 rings (SSSR count). The zero-order chi connectivity index (χ0) is 15.4. The Balaban J connectivity index is 3.60. The van der Waals surface area contributed by atoms with Crippen molar-refractivity contribution in [3.8, 4) is 0 Å². The molecule has 0 amide bonds. The predicted molar refractivity (Wildman–Crippen MR) is 77.5 cm³/mol. The molecule has 0 fully saturated rings. The highest BCUT2D eigenvalue weighted by atomic mass is 16.1. The van der Waals surface area contributed by atoms with Crippen molar-refractivity contribution in [3.63, 3.8) is 0 Å². The van der Waals surface area contributed by atoms with E-state index >= 15 is 0 Å². The Bertz CT molecular complexity index is 310. The summed E-state index contributed by atoms with van der Waals surface area (Å²) in [7, 11) is 0. The van der Waals surface area contributed by atoms with Gasteiger partial charge in [-0.2, -0.15) is 0 Å². The van der Waals surface area contributed by atoms with Crippen LogP contribution in [0.25, 0.3) is 0 Å². The van der Waals surface area contributed by atoms with Gasteiger partial charge in [-0.3, -0.25) is 19.2 Å². The van der Waals surface area contributed by atoms with Crippen LogP contribution in [0.2, 0.25) is 0 Å². The molecular weight excluding hydrogens is 256 g/mol. The standard InChI is InChI=1S/C16H26O4/c1-3-13(17)7-5-9-15(19)11-12-16(20)10-6-8-14(18)4-2/h3-12H2,1-2H3. The van der Waals surface area contributed by atoms with Gasteiger partial charge < -0.3 is 0 Å². The fourth-order valence-electron chi connectivity index (χ4n) is 1.85. The number of ketones is 4. The average molecular weight is 282 g/mol. The Morgan fingerprint density at radius 1 is 0.500 bits per heavy atom. The predicted octanol–water partition coefficient (Wildman–Crippen LogP) is 3.20. The van der Waals surface area contributed by atoms with Gasteiger partial charge in [0.05, 0.1) is 0 Å². The third-order valence-corrected chi connectivity index (χ3v) is 3.29. The number of Topliss-reactive ketones (excluding diaryl/α,β-unsaturated/α-hetero) is 4. The van der Waals surface area contributed by atoms with Gasteiger partial charge in [0.25, 0.3) is 0 Å². The van der Waals surface area contributed by atoms with E-state index in [0.29, 0.717) is 51.4 Å². The van der Waals surface area contributed by atoms with Gasteiger partial charge in [-0.1, -0.05) is 13.8 Å². The Labute approximate surface area is 121 Å². The Hall–Kier alpha value is -1.32. The van der Waals surface area contributed by atoms with Gasteiger partial charge in [0.15, 0.2) is 0 Å². The van der Waals surface area contributed by atoms with Crippen molar-refractivity contribution in [1.82, 2.24) is 0 Å². The van der Waals surface area contributed by atoms with Crippen LogP contribution >= 0.6 is 0 Å². The monoisotopic (exact) mass is 282 g/mol. The summed E-state index contributed by atoms with van der Waals surface area (Å²) in [6, 6.07) is 0. The van der Waals surface area contributed by atoms with Crippen LogP contribution in [0.5, 0.6) is 0 Å². The van der Waals surface area contributed by atoms with Crippen LogP contribution in [0.4, 0.5) is 0 Å². The molecule has 114 valence electrons. The van der Waals surface area contributed by atoms with Gasteiger partial charge in [0, 0.05) is 51.4 Å². The maximum absolute atomic E-state index is 11.5. The van der Waals surface area contributed by atoms with Crippen LogP contribution < -0.4 is 0 Å². The van der Waals surface area contributed by atoms with Crippen molar-refractivity contribution in [3.05, 3.63) is 0 Å². The second-order valence-corrected chi connectivity index (χ2v) is 5.07. The molecule has 0 aliphatic rings. The first kappa shape index (κ1) is 18.7. The van der Waals surface area contributed by atoms with Crippen molar-refractivity contribution >= 4 is 23.1 Å². The van der Waals surface area contributed by atoms with E-state index in [1.54, 1.807) is 0 Å².